The number of fused-ring (bicyclic) bond motifs is 1. The zero-order chi connectivity index (χ0) is 16.4. The van der Waals surface area contributed by atoms with Crippen molar-refractivity contribution in [3.63, 3.8) is 0 Å². The number of aliphatic hydroxyl groups is 1. The van der Waals surface area contributed by atoms with E-state index in [1.165, 1.54) is 38.5 Å². The van der Waals surface area contributed by atoms with Gasteiger partial charge in [-0.15, -0.1) is 0 Å². The number of likely N-dealkylation sites (tertiary alicyclic amines) is 1. The summed E-state index contributed by atoms with van der Waals surface area (Å²) >= 11 is 0. The molecule has 0 aromatic rings. The number of carbonyl (C=O) groups is 1. The summed E-state index contributed by atoms with van der Waals surface area (Å²) in [5, 5.41) is 13.0. The molecule has 3 atom stereocenters. The van der Waals surface area contributed by atoms with E-state index in [2.05, 4.69) is 5.32 Å². The summed E-state index contributed by atoms with van der Waals surface area (Å²) in [6.45, 7) is 1.86. The highest BCUT2D eigenvalue weighted by Gasteiger charge is 2.50. The summed E-state index contributed by atoms with van der Waals surface area (Å²) < 4.78 is 0. The normalized spacial score (nSPS) is 34.7. The number of rotatable bonds is 4. The van der Waals surface area contributed by atoms with Crippen LogP contribution in [0, 0.1) is 17.8 Å². The topological polar surface area (TPSA) is 55.8 Å². The van der Waals surface area contributed by atoms with Crippen molar-refractivity contribution in [2.45, 2.75) is 56.9 Å². The number of nitrogens with one attached hydrogen (secondary N) is 1. The van der Waals surface area contributed by atoms with E-state index in [4.69, 9.17) is 0 Å². The lowest BCUT2D eigenvalue weighted by Gasteiger charge is -2.37. The zero-order valence-corrected chi connectivity index (χ0v) is 14.8. The van der Waals surface area contributed by atoms with Crippen molar-refractivity contribution < 1.29 is 9.90 Å². The molecule has 0 aromatic heterocycles. The molecule has 1 heterocycles. The largest absolute Gasteiger partial charge is 0.381 e. The number of amides is 2. The molecule has 0 spiro atoms. The molecule has 3 aliphatic rings. The van der Waals surface area contributed by atoms with Gasteiger partial charge >= 0.3 is 6.03 Å². The van der Waals surface area contributed by atoms with Gasteiger partial charge in [-0.1, -0.05) is 32.1 Å². The molecule has 3 fully saturated rings. The van der Waals surface area contributed by atoms with E-state index in [-0.39, 0.29) is 18.3 Å². The van der Waals surface area contributed by atoms with Gasteiger partial charge in [-0.25, -0.2) is 4.79 Å². The minimum atomic E-state index is 0.0759. The Hall–Kier alpha value is -0.810. The molecule has 2 saturated carbocycles. The van der Waals surface area contributed by atoms with Gasteiger partial charge in [-0.05, 0) is 37.0 Å². The van der Waals surface area contributed by atoms with Gasteiger partial charge in [0.05, 0.1) is 6.73 Å². The van der Waals surface area contributed by atoms with Crippen LogP contribution in [0.2, 0.25) is 0 Å². The van der Waals surface area contributed by atoms with Gasteiger partial charge in [0.1, 0.15) is 0 Å². The van der Waals surface area contributed by atoms with Crippen LogP contribution in [0.4, 0.5) is 4.79 Å². The van der Waals surface area contributed by atoms with Crippen molar-refractivity contribution >= 4 is 6.03 Å². The average molecular weight is 323 g/mol. The first-order valence-electron chi connectivity index (χ1n) is 9.35. The second kappa shape index (κ2) is 6.98. The Morgan fingerprint density at radius 2 is 1.78 bits per heavy atom. The molecule has 1 unspecified atom stereocenters. The van der Waals surface area contributed by atoms with E-state index < -0.39 is 0 Å². The first kappa shape index (κ1) is 17.0. The van der Waals surface area contributed by atoms with Crippen molar-refractivity contribution in [3.05, 3.63) is 0 Å². The van der Waals surface area contributed by atoms with Crippen LogP contribution in [0.1, 0.15) is 51.4 Å². The number of aliphatic hydroxyl groups excluding tert-OH is 1. The molecular formula is C18H33N3O2. The van der Waals surface area contributed by atoms with Crippen LogP contribution in [0.15, 0.2) is 0 Å². The Kier molecular flexibility index (Phi) is 5.16. The van der Waals surface area contributed by atoms with Gasteiger partial charge in [0.25, 0.3) is 0 Å². The molecule has 5 heteroatoms. The fourth-order valence-corrected chi connectivity index (χ4v) is 5.42. The number of carbonyl (C=O) groups excluding carboxylic acids is 1. The molecule has 0 aromatic carbocycles. The molecule has 1 aliphatic heterocycles. The second-order valence-corrected chi connectivity index (χ2v) is 8.33. The smallest absolute Gasteiger partial charge is 0.319 e. The van der Waals surface area contributed by atoms with Crippen LogP contribution >= 0.6 is 0 Å². The highest BCUT2D eigenvalue weighted by Crippen LogP contribution is 2.48. The van der Waals surface area contributed by atoms with Crippen LogP contribution in [0.5, 0.6) is 0 Å². The van der Waals surface area contributed by atoms with Crippen LogP contribution in [0.3, 0.4) is 0 Å². The predicted molar refractivity (Wildman–Crippen MR) is 91.0 cm³/mol. The van der Waals surface area contributed by atoms with E-state index in [9.17, 15) is 9.90 Å². The first-order chi connectivity index (χ1) is 11.0. The van der Waals surface area contributed by atoms with E-state index in [0.29, 0.717) is 11.8 Å². The zero-order valence-electron chi connectivity index (χ0n) is 14.8. The van der Waals surface area contributed by atoms with Crippen molar-refractivity contribution in [2.75, 3.05) is 33.9 Å². The van der Waals surface area contributed by atoms with Gasteiger partial charge in [-0.2, -0.15) is 0 Å². The Balaban J connectivity index is 1.61. The number of nitrogens with zero attached hydrogens (tertiary/aromatic N) is 2. The molecule has 0 bridgehead atoms. The van der Waals surface area contributed by atoms with E-state index in [0.717, 1.165) is 31.8 Å². The number of hydrogen-bond donors (Lipinski definition) is 2. The van der Waals surface area contributed by atoms with Crippen LogP contribution in [-0.2, 0) is 0 Å². The third-order valence-corrected chi connectivity index (χ3v) is 6.39. The maximum Gasteiger partial charge on any atom is 0.319 e. The van der Waals surface area contributed by atoms with Crippen molar-refractivity contribution in [2.24, 2.45) is 17.8 Å². The van der Waals surface area contributed by atoms with E-state index in [1.54, 1.807) is 4.90 Å². The van der Waals surface area contributed by atoms with Crippen LogP contribution < -0.4 is 5.32 Å². The van der Waals surface area contributed by atoms with Gasteiger partial charge < -0.3 is 14.9 Å². The summed E-state index contributed by atoms with van der Waals surface area (Å²) in [5.74, 6) is 2.02. The Labute approximate surface area is 140 Å². The summed E-state index contributed by atoms with van der Waals surface area (Å²) in [6.07, 6.45) is 10.3. The molecule has 1 saturated heterocycles. The van der Waals surface area contributed by atoms with E-state index >= 15 is 0 Å². The Morgan fingerprint density at radius 1 is 1.17 bits per heavy atom. The third-order valence-electron chi connectivity index (χ3n) is 6.39. The lowest BCUT2D eigenvalue weighted by molar-refractivity contribution is 0.140. The standard InChI is InChI=1S/C18H33N3O2/c1-20(2)17(23)21-11-15-9-18(19-13-22,10-16(15)12-21)8-14-6-4-3-5-7-14/h14-16,19,22H,3-13H2,1-2H3/t15-,16+,18?. The fourth-order valence-electron chi connectivity index (χ4n) is 5.42. The highest BCUT2D eigenvalue weighted by molar-refractivity contribution is 5.74. The molecule has 5 nitrogen and oxygen atoms in total. The maximum atomic E-state index is 12.2. The van der Waals surface area contributed by atoms with Gasteiger partial charge in [0.2, 0.25) is 0 Å². The Morgan fingerprint density at radius 3 is 2.30 bits per heavy atom. The molecule has 132 valence electrons. The van der Waals surface area contributed by atoms with E-state index in [1.807, 2.05) is 19.0 Å². The lowest BCUT2D eigenvalue weighted by Crippen LogP contribution is -2.47. The van der Waals surface area contributed by atoms with Crippen LogP contribution in [-0.4, -0.2) is 60.4 Å². The highest BCUT2D eigenvalue weighted by atomic mass is 16.3. The lowest BCUT2D eigenvalue weighted by atomic mass is 9.78. The second-order valence-electron chi connectivity index (χ2n) is 8.33. The molecule has 2 aliphatic carbocycles. The molecule has 2 N–H and O–H groups in total. The average Bonchev–Trinajstić information content (AvgIpc) is 3.03. The van der Waals surface area contributed by atoms with Gasteiger partial charge in [-0.3, -0.25) is 5.32 Å². The number of hydrogen-bond acceptors (Lipinski definition) is 3. The fraction of sp³-hybridized carbons (Fsp3) is 0.944. The number of urea groups is 1. The molecule has 3 rings (SSSR count). The quantitative estimate of drug-likeness (QED) is 0.780. The molecule has 23 heavy (non-hydrogen) atoms. The predicted octanol–water partition coefficient (Wildman–Crippen LogP) is 2.26. The summed E-state index contributed by atoms with van der Waals surface area (Å²) in [7, 11) is 3.66. The monoisotopic (exact) mass is 323 g/mol. The van der Waals surface area contributed by atoms with Gasteiger partial charge in [0, 0.05) is 32.7 Å². The summed E-state index contributed by atoms with van der Waals surface area (Å²) in [5.41, 5.74) is 0.110. The van der Waals surface area contributed by atoms with Gasteiger partial charge in [0.15, 0.2) is 0 Å². The Bertz CT molecular complexity index is 406. The first-order valence-corrected chi connectivity index (χ1v) is 9.35. The maximum absolute atomic E-state index is 12.2. The van der Waals surface area contributed by atoms with Crippen molar-refractivity contribution in [1.29, 1.82) is 0 Å². The van der Waals surface area contributed by atoms with Crippen molar-refractivity contribution in [1.82, 2.24) is 15.1 Å². The minimum absolute atomic E-state index is 0.0759. The summed E-state index contributed by atoms with van der Waals surface area (Å²) in [6, 6.07) is 0.146. The molecular weight excluding hydrogens is 290 g/mol. The summed E-state index contributed by atoms with van der Waals surface area (Å²) in [4.78, 5) is 15.9. The molecule has 0 radical (unpaired) electrons. The minimum Gasteiger partial charge on any atom is -0.381 e. The third kappa shape index (κ3) is 3.66. The van der Waals surface area contributed by atoms with Crippen molar-refractivity contribution in [3.8, 4) is 0 Å². The SMILES string of the molecule is CN(C)C(=O)N1C[C@@H]2CC(CC3CCCCC3)(NCO)C[C@@H]2C1. The van der Waals surface area contributed by atoms with Crippen LogP contribution in [0.25, 0.3) is 0 Å². The molecule has 2 amide bonds.